The minimum Gasteiger partial charge on any atom is -0.336 e. The Balaban J connectivity index is 1.99. The number of carbonyl (C=O) groups excluding carboxylic acids is 1. The highest BCUT2D eigenvalue weighted by Crippen LogP contribution is 2.24. The first-order valence-electron chi connectivity index (χ1n) is 7.69. The van der Waals surface area contributed by atoms with Gasteiger partial charge in [0.15, 0.2) is 5.82 Å². The van der Waals surface area contributed by atoms with E-state index in [9.17, 15) is 4.79 Å². The molecule has 1 aromatic heterocycles. The highest BCUT2D eigenvalue weighted by atomic mass is 32.2. The number of hydrogen-bond acceptors (Lipinski definition) is 5. The number of aryl methyl sites for hydroxylation is 1. The molecule has 23 heavy (non-hydrogen) atoms. The third-order valence-corrected chi connectivity index (χ3v) is 4.55. The van der Waals surface area contributed by atoms with Gasteiger partial charge in [-0.25, -0.2) is 4.68 Å². The third-order valence-electron chi connectivity index (χ3n) is 3.49. The van der Waals surface area contributed by atoms with Gasteiger partial charge in [-0.05, 0) is 31.0 Å². The maximum Gasteiger partial charge on any atom is 0.237 e. The number of nitrogen functional groups attached to an aromatic ring is 1. The van der Waals surface area contributed by atoms with Crippen LogP contribution in [0.4, 0.5) is 5.69 Å². The summed E-state index contributed by atoms with van der Waals surface area (Å²) in [6, 6.07) is 7.85. The fourth-order valence-corrected chi connectivity index (χ4v) is 2.82. The van der Waals surface area contributed by atoms with Crippen molar-refractivity contribution in [3.05, 3.63) is 35.7 Å². The predicted octanol–water partition coefficient (Wildman–Crippen LogP) is 2.80. The van der Waals surface area contributed by atoms with Gasteiger partial charge in [0.2, 0.25) is 11.1 Å². The highest BCUT2D eigenvalue weighted by molar-refractivity contribution is 8.00. The van der Waals surface area contributed by atoms with Gasteiger partial charge in [-0.15, -0.1) is 10.2 Å². The maximum absolute atomic E-state index is 12.3. The van der Waals surface area contributed by atoms with Gasteiger partial charge in [-0.3, -0.25) is 4.79 Å². The molecule has 7 heteroatoms. The van der Waals surface area contributed by atoms with Crippen molar-refractivity contribution in [2.75, 3.05) is 11.2 Å². The molecule has 0 bridgehead atoms. The van der Waals surface area contributed by atoms with Crippen LogP contribution >= 0.6 is 11.8 Å². The molecule has 1 aromatic carbocycles. The largest absolute Gasteiger partial charge is 0.336 e. The lowest BCUT2D eigenvalue weighted by atomic mass is 10.1. The van der Waals surface area contributed by atoms with Crippen LogP contribution < -0.4 is 11.2 Å². The Labute approximate surface area is 140 Å². The zero-order valence-electron chi connectivity index (χ0n) is 13.9. The van der Waals surface area contributed by atoms with Crippen molar-refractivity contribution in [1.82, 2.24) is 14.9 Å². The van der Waals surface area contributed by atoms with E-state index in [1.165, 1.54) is 22.0 Å². The summed E-state index contributed by atoms with van der Waals surface area (Å²) in [5, 5.41) is 11.2. The van der Waals surface area contributed by atoms with Crippen molar-refractivity contribution < 1.29 is 4.79 Å². The smallest absolute Gasteiger partial charge is 0.237 e. The molecule has 1 amide bonds. The van der Waals surface area contributed by atoms with E-state index in [-0.39, 0.29) is 17.1 Å². The van der Waals surface area contributed by atoms with Crippen molar-refractivity contribution in [3.8, 4) is 0 Å². The Bertz CT molecular complexity index is 666. The number of hydrogen-bond donors (Lipinski definition) is 2. The van der Waals surface area contributed by atoms with Gasteiger partial charge in [0, 0.05) is 11.6 Å². The SMILES string of the molecule is CCc1ccc(NC(=O)[C@@H](C)Sc2nnc(C(C)C)n2N)cc1. The molecule has 0 saturated heterocycles. The lowest BCUT2D eigenvalue weighted by Crippen LogP contribution is -2.24. The van der Waals surface area contributed by atoms with Crippen LogP contribution in [0.15, 0.2) is 29.4 Å². The number of benzene rings is 1. The Morgan fingerprint density at radius 2 is 1.91 bits per heavy atom. The Hall–Kier alpha value is -2.02. The van der Waals surface area contributed by atoms with Crippen molar-refractivity contribution >= 4 is 23.4 Å². The first-order valence-corrected chi connectivity index (χ1v) is 8.57. The molecule has 0 radical (unpaired) electrons. The molecule has 0 fully saturated rings. The van der Waals surface area contributed by atoms with E-state index in [1.54, 1.807) is 0 Å². The molecule has 2 aromatic rings. The van der Waals surface area contributed by atoms with Gasteiger partial charge in [0.1, 0.15) is 0 Å². The van der Waals surface area contributed by atoms with Crippen LogP contribution in [0.3, 0.4) is 0 Å². The highest BCUT2D eigenvalue weighted by Gasteiger charge is 2.20. The normalized spacial score (nSPS) is 12.4. The van der Waals surface area contributed by atoms with E-state index >= 15 is 0 Å². The molecule has 0 saturated carbocycles. The molecule has 0 aliphatic rings. The standard InChI is InChI=1S/C16H23N5OS/c1-5-12-6-8-13(9-7-12)18-15(22)11(4)23-16-20-19-14(10(2)3)21(16)17/h6-11H,5,17H2,1-4H3,(H,18,22)/t11-/m1/s1. The van der Waals surface area contributed by atoms with Crippen LogP contribution in [-0.4, -0.2) is 26.0 Å². The monoisotopic (exact) mass is 333 g/mol. The van der Waals surface area contributed by atoms with Gasteiger partial charge < -0.3 is 11.2 Å². The van der Waals surface area contributed by atoms with Crippen LogP contribution in [0.5, 0.6) is 0 Å². The van der Waals surface area contributed by atoms with Crippen LogP contribution in [0.1, 0.15) is 45.0 Å². The van der Waals surface area contributed by atoms with Gasteiger partial charge >= 0.3 is 0 Å². The van der Waals surface area contributed by atoms with Gasteiger partial charge in [-0.1, -0.05) is 44.7 Å². The number of nitrogens with zero attached hydrogens (tertiary/aromatic N) is 3. The van der Waals surface area contributed by atoms with Crippen molar-refractivity contribution in [3.63, 3.8) is 0 Å². The van der Waals surface area contributed by atoms with Crippen molar-refractivity contribution in [1.29, 1.82) is 0 Å². The molecule has 1 atom stereocenters. The minimum atomic E-state index is -0.327. The molecule has 124 valence electrons. The zero-order valence-corrected chi connectivity index (χ0v) is 14.7. The summed E-state index contributed by atoms with van der Waals surface area (Å²) in [7, 11) is 0. The van der Waals surface area contributed by atoms with Crippen molar-refractivity contribution in [2.24, 2.45) is 0 Å². The topological polar surface area (TPSA) is 85.8 Å². The third kappa shape index (κ3) is 4.25. The quantitative estimate of drug-likeness (QED) is 0.627. The predicted molar refractivity (Wildman–Crippen MR) is 94.0 cm³/mol. The summed E-state index contributed by atoms with van der Waals surface area (Å²) in [4.78, 5) is 12.3. The molecule has 0 aliphatic carbocycles. The van der Waals surface area contributed by atoms with E-state index in [0.717, 1.165) is 12.1 Å². The number of carbonyl (C=O) groups is 1. The van der Waals surface area contributed by atoms with Crippen LogP contribution in [0.25, 0.3) is 0 Å². The number of amides is 1. The molecular weight excluding hydrogens is 310 g/mol. The van der Waals surface area contributed by atoms with Gasteiger partial charge in [0.05, 0.1) is 5.25 Å². The average molecular weight is 333 g/mol. The van der Waals surface area contributed by atoms with Crippen molar-refractivity contribution in [2.45, 2.75) is 50.4 Å². The summed E-state index contributed by atoms with van der Waals surface area (Å²) in [6.45, 7) is 7.92. The van der Waals surface area contributed by atoms with Gasteiger partial charge in [-0.2, -0.15) is 0 Å². The van der Waals surface area contributed by atoms with Gasteiger partial charge in [0.25, 0.3) is 0 Å². The Kier molecular flexibility index (Phi) is 5.65. The summed E-state index contributed by atoms with van der Waals surface area (Å²) in [6.07, 6.45) is 0.977. The van der Waals surface area contributed by atoms with Crippen LogP contribution in [-0.2, 0) is 11.2 Å². The van der Waals surface area contributed by atoms with E-state index in [2.05, 4.69) is 22.4 Å². The number of thioether (sulfide) groups is 1. The average Bonchev–Trinajstić information content (AvgIpc) is 2.89. The second kappa shape index (κ2) is 7.50. The molecule has 0 aliphatic heterocycles. The maximum atomic E-state index is 12.3. The summed E-state index contributed by atoms with van der Waals surface area (Å²) in [5.74, 6) is 6.77. The number of anilines is 1. The molecule has 3 N–H and O–H groups in total. The Morgan fingerprint density at radius 1 is 1.26 bits per heavy atom. The van der Waals surface area contributed by atoms with E-state index in [0.29, 0.717) is 11.0 Å². The fraction of sp³-hybridized carbons (Fsp3) is 0.438. The second-order valence-corrected chi connectivity index (χ2v) is 6.97. The summed E-state index contributed by atoms with van der Waals surface area (Å²) in [5.41, 5.74) is 2.03. The molecule has 0 spiro atoms. The number of aromatic nitrogens is 3. The lowest BCUT2D eigenvalue weighted by Gasteiger charge is -2.12. The number of nitrogens with two attached hydrogens (primary N) is 1. The van der Waals surface area contributed by atoms with Crippen LogP contribution in [0, 0.1) is 0 Å². The first kappa shape index (κ1) is 17.3. The molecule has 2 rings (SSSR count). The number of rotatable bonds is 6. The fourth-order valence-electron chi connectivity index (χ4n) is 2.04. The minimum absolute atomic E-state index is 0.0895. The van der Waals surface area contributed by atoms with E-state index in [4.69, 9.17) is 5.84 Å². The lowest BCUT2D eigenvalue weighted by molar-refractivity contribution is -0.115. The molecule has 6 nitrogen and oxygen atoms in total. The van der Waals surface area contributed by atoms with E-state index < -0.39 is 0 Å². The zero-order chi connectivity index (χ0) is 17.0. The molecular formula is C16H23N5OS. The molecule has 0 unspecified atom stereocenters. The van der Waals surface area contributed by atoms with E-state index in [1.807, 2.05) is 45.0 Å². The van der Waals surface area contributed by atoms with Crippen LogP contribution in [0.2, 0.25) is 0 Å². The first-order chi connectivity index (χ1) is 10.9. The molecule has 1 heterocycles. The summed E-state index contributed by atoms with van der Waals surface area (Å²) < 4.78 is 1.45. The number of nitrogens with one attached hydrogen (secondary N) is 1. The Morgan fingerprint density at radius 3 is 2.43 bits per heavy atom. The second-order valence-electron chi connectivity index (χ2n) is 5.67. The summed E-state index contributed by atoms with van der Waals surface area (Å²) >= 11 is 1.30.